The van der Waals surface area contributed by atoms with E-state index in [2.05, 4.69) is 20.9 Å². The molecule has 0 aliphatic carbocycles. The van der Waals surface area contributed by atoms with Gasteiger partial charge in [0.2, 0.25) is 11.8 Å². The Kier molecular flexibility index (Phi) is 11.0. The first-order valence-electron chi connectivity index (χ1n) is 10.4. The molecule has 29 heavy (non-hydrogen) atoms. The zero-order valence-corrected chi connectivity index (χ0v) is 18.5. The topological polar surface area (TPSA) is 109 Å². The monoisotopic (exact) mass is 414 g/mol. The lowest BCUT2D eigenvalue weighted by Crippen LogP contribution is -2.51. The lowest BCUT2D eigenvalue weighted by molar-refractivity contribution is -0.124. The van der Waals surface area contributed by atoms with E-state index in [0.717, 1.165) is 25.8 Å². The lowest BCUT2D eigenvalue weighted by Gasteiger charge is -2.35. The number of hydrogen-bond acceptors (Lipinski definition) is 6. The number of rotatable bonds is 10. The Morgan fingerprint density at radius 1 is 1.14 bits per heavy atom. The lowest BCUT2D eigenvalue weighted by atomic mass is 10.0. The summed E-state index contributed by atoms with van der Waals surface area (Å²) in [4.78, 5) is 38.0. The zero-order valence-electron chi connectivity index (χ0n) is 18.5. The molecule has 2 atom stereocenters. The van der Waals surface area contributed by atoms with Crippen LogP contribution in [0.3, 0.4) is 0 Å². The fraction of sp³-hybridized carbons (Fsp3) is 0.850. The van der Waals surface area contributed by atoms with Gasteiger partial charge in [0.05, 0.1) is 13.2 Å². The fourth-order valence-corrected chi connectivity index (χ4v) is 3.21. The van der Waals surface area contributed by atoms with Crippen molar-refractivity contribution in [1.82, 2.24) is 20.9 Å². The van der Waals surface area contributed by atoms with Crippen molar-refractivity contribution in [3.05, 3.63) is 0 Å². The van der Waals surface area contributed by atoms with Crippen LogP contribution < -0.4 is 16.0 Å². The van der Waals surface area contributed by atoms with Gasteiger partial charge in [0, 0.05) is 38.7 Å². The van der Waals surface area contributed by atoms with Gasteiger partial charge in [0.1, 0.15) is 5.60 Å². The Labute approximate surface area is 174 Å². The van der Waals surface area contributed by atoms with E-state index in [1.54, 1.807) is 27.9 Å². The second kappa shape index (κ2) is 12.6. The number of piperidine rings is 1. The minimum absolute atomic E-state index is 0.0330. The molecular formula is C20H38N4O5. The summed E-state index contributed by atoms with van der Waals surface area (Å²) in [6, 6.07) is 0.0999. The SMILES string of the molecule is COC[C@@H](C)NC(=O)CN1CCCC[C@H]1CNC(=O)CCNC(=O)OC(C)(C)C. The molecule has 0 aromatic carbocycles. The number of hydrogen-bond donors (Lipinski definition) is 3. The molecule has 1 aliphatic rings. The van der Waals surface area contributed by atoms with Gasteiger partial charge in [-0.1, -0.05) is 6.42 Å². The van der Waals surface area contributed by atoms with Crippen LogP contribution in [0, 0.1) is 0 Å². The number of amides is 3. The van der Waals surface area contributed by atoms with Gasteiger partial charge in [-0.3, -0.25) is 14.5 Å². The Bertz CT molecular complexity index is 535. The molecule has 0 spiro atoms. The number of ether oxygens (including phenoxy) is 2. The second-order valence-electron chi connectivity index (χ2n) is 8.53. The van der Waals surface area contributed by atoms with E-state index in [-0.39, 0.29) is 36.9 Å². The van der Waals surface area contributed by atoms with Crippen LogP contribution in [-0.4, -0.2) is 80.4 Å². The summed E-state index contributed by atoms with van der Waals surface area (Å²) in [5.41, 5.74) is -0.565. The van der Waals surface area contributed by atoms with E-state index in [1.807, 2.05) is 6.92 Å². The molecule has 0 aromatic rings. The molecular weight excluding hydrogens is 376 g/mol. The molecule has 0 saturated carbocycles. The maximum atomic E-state index is 12.2. The molecule has 9 nitrogen and oxygen atoms in total. The summed E-state index contributed by atoms with van der Waals surface area (Å²) in [6.07, 6.45) is 2.72. The molecule has 0 unspecified atom stereocenters. The highest BCUT2D eigenvalue weighted by molar-refractivity contribution is 5.78. The summed E-state index contributed by atoms with van der Waals surface area (Å²) in [5.74, 6) is -0.168. The Morgan fingerprint density at radius 2 is 1.86 bits per heavy atom. The van der Waals surface area contributed by atoms with E-state index in [4.69, 9.17) is 9.47 Å². The molecule has 168 valence electrons. The summed E-state index contributed by atoms with van der Waals surface area (Å²) in [5, 5.41) is 8.41. The van der Waals surface area contributed by atoms with Crippen LogP contribution in [0.4, 0.5) is 4.79 Å². The Balaban J connectivity index is 2.33. The minimum Gasteiger partial charge on any atom is -0.444 e. The van der Waals surface area contributed by atoms with E-state index in [1.165, 1.54) is 0 Å². The molecule has 1 fully saturated rings. The maximum absolute atomic E-state index is 12.2. The average Bonchev–Trinajstić information content (AvgIpc) is 2.59. The summed E-state index contributed by atoms with van der Waals surface area (Å²) >= 11 is 0. The van der Waals surface area contributed by atoms with Crippen molar-refractivity contribution >= 4 is 17.9 Å². The summed E-state index contributed by atoms with van der Waals surface area (Å²) in [7, 11) is 1.61. The predicted molar refractivity (Wildman–Crippen MR) is 111 cm³/mol. The normalized spacial score (nSPS) is 18.6. The van der Waals surface area contributed by atoms with Crippen molar-refractivity contribution in [1.29, 1.82) is 0 Å². The Hall–Kier alpha value is -1.87. The number of carbonyl (C=O) groups is 3. The van der Waals surface area contributed by atoms with Gasteiger partial charge < -0.3 is 25.4 Å². The first-order valence-corrected chi connectivity index (χ1v) is 10.4. The van der Waals surface area contributed by atoms with Crippen molar-refractivity contribution in [3.8, 4) is 0 Å². The highest BCUT2D eigenvalue weighted by Crippen LogP contribution is 2.16. The number of carbonyl (C=O) groups excluding carboxylic acids is 3. The molecule has 0 bridgehead atoms. The molecule has 3 amide bonds. The van der Waals surface area contributed by atoms with Crippen molar-refractivity contribution in [2.75, 3.05) is 39.9 Å². The molecule has 1 rings (SSSR count). The van der Waals surface area contributed by atoms with E-state index < -0.39 is 11.7 Å². The molecule has 0 aromatic heterocycles. The number of likely N-dealkylation sites (tertiary alicyclic amines) is 1. The molecule has 0 radical (unpaired) electrons. The predicted octanol–water partition coefficient (Wildman–Crippen LogP) is 1.02. The van der Waals surface area contributed by atoms with Crippen molar-refractivity contribution in [2.45, 2.75) is 71.1 Å². The summed E-state index contributed by atoms with van der Waals surface area (Å²) < 4.78 is 10.2. The molecule has 1 aliphatic heterocycles. The smallest absolute Gasteiger partial charge is 0.407 e. The van der Waals surface area contributed by atoms with Gasteiger partial charge in [-0.15, -0.1) is 0 Å². The number of alkyl carbamates (subject to hydrolysis) is 1. The molecule has 1 heterocycles. The van der Waals surface area contributed by atoms with E-state index >= 15 is 0 Å². The Morgan fingerprint density at radius 3 is 2.52 bits per heavy atom. The van der Waals surface area contributed by atoms with Crippen LogP contribution >= 0.6 is 0 Å². The van der Waals surface area contributed by atoms with Crippen LogP contribution in [0.25, 0.3) is 0 Å². The van der Waals surface area contributed by atoms with Crippen molar-refractivity contribution in [2.24, 2.45) is 0 Å². The number of nitrogens with one attached hydrogen (secondary N) is 3. The first kappa shape index (κ1) is 25.2. The van der Waals surface area contributed by atoms with Crippen molar-refractivity contribution < 1.29 is 23.9 Å². The zero-order chi connectivity index (χ0) is 21.9. The van der Waals surface area contributed by atoms with Crippen LogP contribution in [-0.2, 0) is 19.1 Å². The van der Waals surface area contributed by atoms with Gasteiger partial charge in [-0.05, 0) is 47.1 Å². The molecule has 3 N–H and O–H groups in total. The summed E-state index contributed by atoms with van der Waals surface area (Å²) in [6.45, 7) is 9.60. The molecule has 9 heteroatoms. The minimum atomic E-state index is -0.565. The first-order chi connectivity index (χ1) is 13.6. The van der Waals surface area contributed by atoms with E-state index in [0.29, 0.717) is 19.7 Å². The van der Waals surface area contributed by atoms with Gasteiger partial charge in [0.15, 0.2) is 0 Å². The third-order valence-corrected chi connectivity index (χ3v) is 4.47. The standard InChI is InChI=1S/C20H38N4O5/c1-15(14-28-5)23-18(26)13-24-11-7-6-8-16(24)12-22-17(25)9-10-21-19(27)29-20(2,3)4/h15-16H,6-14H2,1-5H3,(H,21,27)(H,22,25)(H,23,26)/t15-,16+/m1/s1. The highest BCUT2D eigenvalue weighted by Gasteiger charge is 2.25. The average molecular weight is 415 g/mol. The van der Waals surface area contributed by atoms with Crippen LogP contribution in [0.2, 0.25) is 0 Å². The van der Waals surface area contributed by atoms with Crippen LogP contribution in [0.5, 0.6) is 0 Å². The van der Waals surface area contributed by atoms with Crippen LogP contribution in [0.1, 0.15) is 53.4 Å². The van der Waals surface area contributed by atoms with Crippen molar-refractivity contribution in [3.63, 3.8) is 0 Å². The number of methoxy groups -OCH3 is 1. The molecule has 1 saturated heterocycles. The second-order valence-corrected chi connectivity index (χ2v) is 8.53. The van der Waals surface area contributed by atoms with E-state index in [9.17, 15) is 14.4 Å². The van der Waals surface area contributed by atoms with Gasteiger partial charge in [0.25, 0.3) is 0 Å². The third kappa shape index (κ3) is 11.7. The maximum Gasteiger partial charge on any atom is 0.407 e. The highest BCUT2D eigenvalue weighted by atomic mass is 16.6. The van der Waals surface area contributed by atoms with Gasteiger partial charge in [-0.2, -0.15) is 0 Å². The fourth-order valence-electron chi connectivity index (χ4n) is 3.21. The largest absolute Gasteiger partial charge is 0.444 e. The van der Waals surface area contributed by atoms with Crippen LogP contribution in [0.15, 0.2) is 0 Å². The number of nitrogens with zero attached hydrogens (tertiary/aromatic N) is 1. The third-order valence-electron chi connectivity index (χ3n) is 4.47. The quantitative estimate of drug-likeness (QED) is 0.493. The van der Waals surface area contributed by atoms with Gasteiger partial charge in [-0.25, -0.2) is 4.79 Å². The van der Waals surface area contributed by atoms with Gasteiger partial charge >= 0.3 is 6.09 Å².